The van der Waals surface area contributed by atoms with Gasteiger partial charge in [-0.1, -0.05) is 6.92 Å². The van der Waals surface area contributed by atoms with Crippen molar-refractivity contribution in [3.8, 4) is 0 Å². The number of anilines is 2. The van der Waals surface area contributed by atoms with E-state index in [1.54, 1.807) is 13.1 Å². The minimum absolute atomic E-state index is 0.0885. The van der Waals surface area contributed by atoms with Crippen LogP contribution in [0.3, 0.4) is 0 Å². The van der Waals surface area contributed by atoms with E-state index in [1.165, 1.54) is 0 Å². The van der Waals surface area contributed by atoms with Gasteiger partial charge in [-0.05, 0) is 12.1 Å². The molecular weight excluding hydrogens is 226 g/mol. The van der Waals surface area contributed by atoms with Gasteiger partial charge >= 0.3 is 0 Å². The second-order valence-corrected chi connectivity index (χ2v) is 4.15. The monoisotopic (exact) mass is 241 g/mol. The maximum atomic E-state index is 11.5. The molecular formula is C11H16ClN3O. The van der Waals surface area contributed by atoms with Crippen LogP contribution in [0.2, 0.25) is 0 Å². The van der Waals surface area contributed by atoms with E-state index < -0.39 is 0 Å². The quantitative estimate of drug-likeness (QED) is 0.820. The molecule has 0 saturated heterocycles. The van der Waals surface area contributed by atoms with Crippen molar-refractivity contribution in [2.24, 2.45) is 5.92 Å². The molecule has 0 aliphatic heterocycles. The fourth-order valence-electron chi connectivity index (χ4n) is 1.06. The molecule has 1 amide bonds. The number of hydrogen-bond acceptors (Lipinski definition) is 3. The second kappa shape index (κ2) is 5.70. The lowest BCUT2D eigenvalue weighted by molar-refractivity contribution is -0.118. The number of amides is 1. The molecule has 0 saturated carbocycles. The van der Waals surface area contributed by atoms with Crippen LogP contribution in [-0.2, 0) is 4.79 Å². The summed E-state index contributed by atoms with van der Waals surface area (Å²) in [5, 5.41) is 2.75. The fraction of sp³-hybridized carbons (Fsp3) is 0.455. The van der Waals surface area contributed by atoms with Gasteiger partial charge in [-0.25, -0.2) is 4.98 Å². The summed E-state index contributed by atoms with van der Waals surface area (Å²) >= 11 is 5.60. The number of carbonyl (C=O) groups excluding carboxylic acids is 1. The Morgan fingerprint density at radius 3 is 2.69 bits per heavy atom. The number of nitrogens with zero attached hydrogens (tertiary/aromatic N) is 2. The van der Waals surface area contributed by atoms with Crippen LogP contribution in [0.4, 0.5) is 11.5 Å². The molecule has 0 fully saturated rings. The Hall–Kier alpha value is -1.29. The molecule has 1 unspecified atom stereocenters. The Bertz CT molecular complexity index is 351. The summed E-state index contributed by atoms with van der Waals surface area (Å²) in [7, 11) is 3.83. The summed E-state index contributed by atoms with van der Waals surface area (Å²) in [4.78, 5) is 17.6. The number of carbonyl (C=O) groups is 1. The highest BCUT2D eigenvalue weighted by Crippen LogP contribution is 2.12. The molecule has 0 aromatic carbocycles. The third-order valence-electron chi connectivity index (χ3n) is 2.15. The molecule has 0 aliphatic rings. The molecule has 4 nitrogen and oxygen atoms in total. The molecule has 1 atom stereocenters. The van der Waals surface area contributed by atoms with E-state index in [1.807, 2.05) is 31.1 Å². The molecule has 0 radical (unpaired) electrons. The van der Waals surface area contributed by atoms with E-state index in [9.17, 15) is 4.79 Å². The van der Waals surface area contributed by atoms with Gasteiger partial charge in [0.25, 0.3) is 0 Å². The Morgan fingerprint density at radius 1 is 1.56 bits per heavy atom. The highest BCUT2D eigenvalue weighted by atomic mass is 35.5. The summed E-state index contributed by atoms with van der Waals surface area (Å²) in [5.74, 6) is 0.877. The van der Waals surface area contributed by atoms with Gasteiger partial charge in [-0.3, -0.25) is 4.79 Å². The van der Waals surface area contributed by atoms with E-state index in [0.29, 0.717) is 11.6 Å². The zero-order chi connectivity index (χ0) is 12.1. The molecule has 1 heterocycles. The summed E-state index contributed by atoms with van der Waals surface area (Å²) in [6, 6.07) is 3.67. The van der Waals surface area contributed by atoms with Crippen molar-refractivity contribution in [1.29, 1.82) is 0 Å². The number of aromatic nitrogens is 1. The molecule has 16 heavy (non-hydrogen) atoms. The Balaban J connectivity index is 2.65. The lowest BCUT2D eigenvalue weighted by Gasteiger charge is -2.12. The maximum absolute atomic E-state index is 11.5. The third-order valence-corrected chi connectivity index (χ3v) is 2.62. The fourth-order valence-corrected chi connectivity index (χ4v) is 1.20. The van der Waals surface area contributed by atoms with E-state index in [2.05, 4.69) is 10.3 Å². The molecule has 0 spiro atoms. The molecule has 1 aromatic heterocycles. The van der Waals surface area contributed by atoms with Crippen molar-refractivity contribution >= 4 is 29.0 Å². The SMILES string of the molecule is CC(CCl)C(=O)Nc1ccc(N(C)C)nc1. The molecule has 1 aromatic rings. The number of hydrogen-bond donors (Lipinski definition) is 1. The highest BCUT2D eigenvalue weighted by molar-refractivity contribution is 6.19. The van der Waals surface area contributed by atoms with Gasteiger partial charge in [0, 0.05) is 25.9 Å². The number of alkyl halides is 1. The number of nitrogens with one attached hydrogen (secondary N) is 1. The van der Waals surface area contributed by atoms with Gasteiger partial charge in [0.1, 0.15) is 5.82 Å². The van der Waals surface area contributed by atoms with Crippen molar-refractivity contribution in [3.05, 3.63) is 18.3 Å². The van der Waals surface area contributed by atoms with Gasteiger partial charge in [0.05, 0.1) is 11.9 Å². The second-order valence-electron chi connectivity index (χ2n) is 3.84. The average molecular weight is 242 g/mol. The molecule has 88 valence electrons. The van der Waals surface area contributed by atoms with Crippen LogP contribution < -0.4 is 10.2 Å². The first-order chi connectivity index (χ1) is 7.54. The van der Waals surface area contributed by atoms with Crippen LogP contribution in [0, 0.1) is 5.92 Å². The molecule has 1 rings (SSSR count). The van der Waals surface area contributed by atoms with Gasteiger partial charge in [-0.15, -0.1) is 11.6 Å². The normalized spacial score (nSPS) is 12.0. The Morgan fingerprint density at radius 2 is 2.25 bits per heavy atom. The first-order valence-electron chi connectivity index (χ1n) is 5.04. The van der Waals surface area contributed by atoms with Gasteiger partial charge in [-0.2, -0.15) is 0 Å². The van der Waals surface area contributed by atoms with Crippen molar-refractivity contribution in [1.82, 2.24) is 4.98 Å². The summed E-state index contributed by atoms with van der Waals surface area (Å²) in [6.45, 7) is 1.78. The number of halogens is 1. The summed E-state index contributed by atoms with van der Waals surface area (Å²) in [6.07, 6.45) is 1.63. The van der Waals surface area contributed by atoms with Crippen LogP contribution in [0.1, 0.15) is 6.92 Å². The van der Waals surface area contributed by atoms with Crippen LogP contribution in [0.25, 0.3) is 0 Å². The Labute approximate surface area is 101 Å². The topological polar surface area (TPSA) is 45.2 Å². The van der Waals surface area contributed by atoms with Crippen LogP contribution >= 0.6 is 11.6 Å². The van der Waals surface area contributed by atoms with Gasteiger partial charge in [0.2, 0.25) is 5.91 Å². The van der Waals surface area contributed by atoms with Gasteiger partial charge < -0.3 is 10.2 Å². The van der Waals surface area contributed by atoms with Crippen LogP contribution in [0.15, 0.2) is 18.3 Å². The summed E-state index contributed by atoms with van der Waals surface area (Å²) < 4.78 is 0. The smallest absolute Gasteiger partial charge is 0.228 e. The molecule has 0 bridgehead atoms. The zero-order valence-electron chi connectivity index (χ0n) is 9.70. The van der Waals surface area contributed by atoms with Crippen LogP contribution in [-0.4, -0.2) is 30.9 Å². The van der Waals surface area contributed by atoms with E-state index >= 15 is 0 Å². The van der Waals surface area contributed by atoms with E-state index in [4.69, 9.17) is 11.6 Å². The van der Waals surface area contributed by atoms with E-state index in [0.717, 1.165) is 5.82 Å². The zero-order valence-corrected chi connectivity index (χ0v) is 10.5. The largest absolute Gasteiger partial charge is 0.363 e. The summed E-state index contributed by atoms with van der Waals surface area (Å²) in [5.41, 5.74) is 0.688. The van der Waals surface area contributed by atoms with Crippen LogP contribution in [0.5, 0.6) is 0 Å². The minimum Gasteiger partial charge on any atom is -0.363 e. The Kier molecular flexibility index (Phi) is 4.55. The molecule has 5 heteroatoms. The highest BCUT2D eigenvalue weighted by Gasteiger charge is 2.11. The number of rotatable bonds is 4. The predicted octanol–water partition coefficient (Wildman–Crippen LogP) is 1.96. The average Bonchev–Trinajstić information content (AvgIpc) is 2.28. The first kappa shape index (κ1) is 12.8. The van der Waals surface area contributed by atoms with Gasteiger partial charge in [0.15, 0.2) is 0 Å². The maximum Gasteiger partial charge on any atom is 0.228 e. The van der Waals surface area contributed by atoms with Crippen molar-refractivity contribution in [2.75, 3.05) is 30.2 Å². The predicted molar refractivity (Wildman–Crippen MR) is 67.1 cm³/mol. The molecule has 1 N–H and O–H groups in total. The number of pyridine rings is 1. The van der Waals surface area contributed by atoms with Crippen molar-refractivity contribution in [2.45, 2.75) is 6.92 Å². The third kappa shape index (κ3) is 3.38. The van der Waals surface area contributed by atoms with E-state index in [-0.39, 0.29) is 11.8 Å². The van der Waals surface area contributed by atoms with Crippen molar-refractivity contribution in [3.63, 3.8) is 0 Å². The first-order valence-corrected chi connectivity index (χ1v) is 5.58. The van der Waals surface area contributed by atoms with Crippen molar-refractivity contribution < 1.29 is 4.79 Å². The lowest BCUT2D eigenvalue weighted by Crippen LogP contribution is -2.21. The standard InChI is InChI=1S/C11H16ClN3O/c1-8(6-12)11(16)14-9-4-5-10(13-7-9)15(2)3/h4-5,7-8H,6H2,1-3H3,(H,14,16). The lowest BCUT2D eigenvalue weighted by atomic mass is 10.2. The minimum atomic E-state index is -0.199. The molecule has 0 aliphatic carbocycles.